The van der Waals surface area contributed by atoms with Crippen LogP contribution in [0.4, 0.5) is 0 Å². The van der Waals surface area contributed by atoms with Gasteiger partial charge in [-0.2, -0.15) is 0 Å². The van der Waals surface area contributed by atoms with Crippen molar-refractivity contribution in [3.63, 3.8) is 0 Å². The van der Waals surface area contributed by atoms with E-state index in [1.807, 2.05) is 0 Å². The van der Waals surface area contributed by atoms with Crippen LogP contribution in [0.5, 0.6) is 0 Å². The minimum Gasteiger partial charge on any atom is -0.309 e. The lowest BCUT2D eigenvalue weighted by molar-refractivity contribution is 0.164. The van der Waals surface area contributed by atoms with Crippen molar-refractivity contribution in [3.05, 3.63) is 35.9 Å². The Labute approximate surface area is 130 Å². The topological polar surface area (TPSA) is 15.3 Å². The molecule has 1 aromatic rings. The van der Waals surface area contributed by atoms with Gasteiger partial charge in [0.15, 0.2) is 0 Å². The summed E-state index contributed by atoms with van der Waals surface area (Å²) in [6.07, 6.45) is 1.26. The number of benzene rings is 1. The molecule has 1 N–H and O–H groups in total. The van der Waals surface area contributed by atoms with Crippen LogP contribution < -0.4 is 5.32 Å². The third kappa shape index (κ3) is 4.82. The lowest BCUT2D eigenvalue weighted by Crippen LogP contribution is -2.37. The Balaban J connectivity index is 2.03. The number of hydrogen-bond acceptors (Lipinski definition) is 2. The van der Waals surface area contributed by atoms with Gasteiger partial charge in [0.1, 0.15) is 0 Å². The summed E-state index contributed by atoms with van der Waals surface area (Å²) in [5, 5.41) is 3.72. The summed E-state index contributed by atoms with van der Waals surface area (Å²) in [6, 6.07) is 11.4. The summed E-state index contributed by atoms with van der Waals surface area (Å²) < 4.78 is 0. The fraction of sp³-hybridized carbons (Fsp3) is 0.684. The van der Waals surface area contributed by atoms with Crippen LogP contribution in [-0.4, -0.2) is 31.1 Å². The van der Waals surface area contributed by atoms with Crippen LogP contribution in [0.1, 0.15) is 45.7 Å². The summed E-state index contributed by atoms with van der Waals surface area (Å²) in [4.78, 5) is 2.68. The van der Waals surface area contributed by atoms with E-state index in [9.17, 15) is 0 Å². The highest BCUT2D eigenvalue weighted by molar-refractivity contribution is 5.19. The third-order valence-electron chi connectivity index (χ3n) is 4.87. The van der Waals surface area contributed by atoms with Gasteiger partial charge in [-0.3, -0.25) is 0 Å². The molecule has 0 amide bonds. The van der Waals surface area contributed by atoms with Crippen molar-refractivity contribution in [2.45, 2.75) is 40.2 Å². The summed E-state index contributed by atoms with van der Waals surface area (Å²) in [5.41, 5.74) is 1.43. The zero-order chi connectivity index (χ0) is 15.2. The molecule has 2 heteroatoms. The highest BCUT2D eigenvalue weighted by Crippen LogP contribution is 2.24. The first-order valence-electron chi connectivity index (χ1n) is 8.58. The summed E-state index contributed by atoms with van der Waals surface area (Å²) >= 11 is 0. The second-order valence-corrected chi connectivity index (χ2v) is 7.18. The van der Waals surface area contributed by atoms with Gasteiger partial charge in [-0.1, -0.05) is 58.0 Å². The minimum atomic E-state index is 0.480. The highest BCUT2D eigenvalue weighted by atomic mass is 15.2. The van der Waals surface area contributed by atoms with Gasteiger partial charge in [0.05, 0.1) is 0 Å². The van der Waals surface area contributed by atoms with E-state index in [4.69, 9.17) is 0 Å². The van der Waals surface area contributed by atoms with E-state index in [2.05, 4.69) is 68.2 Å². The number of rotatable bonds is 5. The van der Waals surface area contributed by atoms with Gasteiger partial charge in [-0.25, -0.2) is 0 Å². The van der Waals surface area contributed by atoms with Gasteiger partial charge in [-0.05, 0) is 42.8 Å². The average molecular weight is 288 g/mol. The van der Waals surface area contributed by atoms with Gasteiger partial charge in [0.2, 0.25) is 0 Å². The molecule has 1 saturated heterocycles. The van der Waals surface area contributed by atoms with E-state index >= 15 is 0 Å². The molecule has 2 rings (SSSR count). The SMILES string of the molecule is CC(C)C(CN1CCCNC(c2ccccc2)C1)C(C)C. The molecule has 1 unspecified atom stereocenters. The molecule has 1 fully saturated rings. The molecule has 1 aromatic carbocycles. The molecule has 0 aliphatic carbocycles. The monoisotopic (exact) mass is 288 g/mol. The molecule has 1 heterocycles. The Bertz CT molecular complexity index is 391. The first-order valence-corrected chi connectivity index (χ1v) is 8.58. The summed E-state index contributed by atoms with van der Waals surface area (Å²) in [5.74, 6) is 2.31. The Morgan fingerprint density at radius 3 is 2.38 bits per heavy atom. The van der Waals surface area contributed by atoms with Crippen LogP contribution in [-0.2, 0) is 0 Å². The molecule has 0 bridgehead atoms. The molecule has 1 aliphatic heterocycles. The average Bonchev–Trinajstić information content (AvgIpc) is 2.70. The minimum absolute atomic E-state index is 0.480. The first kappa shape index (κ1) is 16.5. The molecule has 21 heavy (non-hydrogen) atoms. The van der Waals surface area contributed by atoms with Gasteiger partial charge in [0, 0.05) is 19.1 Å². The summed E-state index contributed by atoms with van der Waals surface area (Å²) in [7, 11) is 0. The fourth-order valence-electron chi connectivity index (χ4n) is 3.56. The first-order chi connectivity index (χ1) is 10.1. The number of hydrogen-bond donors (Lipinski definition) is 1. The van der Waals surface area contributed by atoms with Crippen molar-refractivity contribution >= 4 is 0 Å². The maximum Gasteiger partial charge on any atom is 0.0449 e. The second-order valence-electron chi connectivity index (χ2n) is 7.18. The zero-order valence-corrected chi connectivity index (χ0v) is 14.2. The maximum absolute atomic E-state index is 3.72. The molecule has 0 spiro atoms. The predicted molar refractivity (Wildman–Crippen MR) is 91.4 cm³/mol. The Morgan fingerprint density at radius 2 is 1.76 bits per heavy atom. The lowest BCUT2D eigenvalue weighted by atomic mass is 9.85. The normalized spacial score (nSPS) is 21.2. The van der Waals surface area contributed by atoms with Gasteiger partial charge >= 0.3 is 0 Å². The molecule has 2 nitrogen and oxygen atoms in total. The van der Waals surface area contributed by atoms with Crippen LogP contribution in [0, 0.1) is 17.8 Å². The molecule has 118 valence electrons. The van der Waals surface area contributed by atoms with E-state index in [0.717, 1.165) is 30.8 Å². The number of nitrogens with zero attached hydrogens (tertiary/aromatic N) is 1. The van der Waals surface area contributed by atoms with Crippen molar-refractivity contribution in [1.29, 1.82) is 0 Å². The zero-order valence-electron chi connectivity index (χ0n) is 14.2. The van der Waals surface area contributed by atoms with Crippen LogP contribution in [0.3, 0.4) is 0 Å². The van der Waals surface area contributed by atoms with Crippen molar-refractivity contribution in [2.24, 2.45) is 17.8 Å². The van der Waals surface area contributed by atoms with Gasteiger partial charge < -0.3 is 10.2 Å². The van der Waals surface area contributed by atoms with Crippen molar-refractivity contribution in [1.82, 2.24) is 10.2 Å². The predicted octanol–water partition coefficient (Wildman–Crippen LogP) is 3.95. The molecule has 1 atom stereocenters. The van der Waals surface area contributed by atoms with E-state index in [0.29, 0.717) is 6.04 Å². The van der Waals surface area contributed by atoms with E-state index < -0.39 is 0 Å². The van der Waals surface area contributed by atoms with Crippen molar-refractivity contribution in [2.75, 3.05) is 26.2 Å². The maximum atomic E-state index is 3.72. The fourth-order valence-corrected chi connectivity index (χ4v) is 3.56. The van der Waals surface area contributed by atoms with E-state index in [1.165, 1.54) is 25.1 Å². The lowest BCUT2D eigenvalue weighted by Gasteiger charge is -2.32. The van der Waals surface area contributed by atoms with Crippen molar-refractivity contribution in [3.8, 4) is 0 Å². The van der Waals surface area contributed by atoms with Crippen LogP contribution in [0.15, 0.2) is 30.3 Å². The molecular formula is C19H32N2. The van der Waals surface area contributed by atoms with E-state index in [-0.39, 0.29) is 0 Å². The van der Waals surface area contributed by atoms with Crippen LogP contribution in [0.2, 0.25) is 0 Å². The third-order valence-corrected chi connectivity index (χ3v) is 4.87. The largest absolute Gasteiger partial charge is 0.309 e. The Hall–Kier alpha value is -0.860. The molecule has 0 saturated carbocycles. The van der Waals surface area contributed by atoms with Crippen molar-refractivity contribution < 1.29 is 0 Å². The van der Waals surface area contributed by atoms with Gasteiger partial charge in [-0.15, -0.1) is 0 Å². The standard InChI is InChI=1S/C19H32N2/c1-15(2)18(16(3)4)13-21-12-8-11-20-19(14-21)17-9-6-5-7-10-17/h5-7,9-10,15-16,18-20H,8,11-14H2,1-4H3. The molecule has 1 aliphatic rings. The molecular weight excluding hydrogens is 256 g/mol. The Kier molecular flexibility index (Phi) is 6.25. The van der Waals surface area contributed by atoms with Crippen LogP contribution >= 0.6 is 0 Å². The number of nitrogens with one attached hydrogen (secondary N) is 1. The highest BCUT2D eigenvalue weighted by Gasteiger charge is 2.24. The molecule has 0 aromatic heterocycles. The quantitative estimate of drug-likeness (QED) is 0.882. The summed E-state index contributed by atoms with van der Waals surface area (Å²) in [6.45, 7) is 14.2. The van der Waals surface area contributed by atoms with Gasteiger partial charge in [0.25, 0.3) is 0 Å². The van der Waals surface area contributed by atoms with Crippen LogP contribution in [0.25, 0.3) is 0 Å². The second kappa shape index (κ2) is 7.95. The smallest absolute Gasteiger partial charge is 0.0449 e. The molecule has 0 radical (unpaired) electrons. The Morgan fingerprint density at radius 1 is 1.10 bits per heavy atom. The van der Waals surface area contributed by atoms with E-state index in [1.54, 1.807) is 0 Å².